The van der Waals surface area contributed by atoms with E-state index in [2.05, 4.69) is 112 Å². The van der Waals surface area contributed by atoms with Gasteiger partial charge in [-0.2, -0.15) is 0 Å². The van der Waals surface area contributed by atoms with Gasteiger partial charge in [-0.05, 0) is 92.1 Å². The van der Waals surface area contributed by atoms with Crippen LogP contribution >= 0.6 is 11.9 Å². The van der Waals surface area contributed by atoms with Crippen molar-refractivity contribution in [3.8, 4) is 0 Å². The molecule has 0 aliphatic carbocycles. The van der Waals surface area contributed by atoms with Crippen LogP contribution in [-0.2, 0) is 22.4 Å². The van der Waals surface area contributed by atoms with Crippen LogP contribution < -0.4 is 16.4 Å². The zero-order chi connectivity index (χ0) is 33.6. The van der Waals surface area contributed by atoms with E-state index in [1.807, 2.05) is 37.4 Å². The molecule has 246 valence electrons. The van der Waals surface area contributed by atoms with Gasteiger partial charge >= 0.3 is 6.09 Å². The van der Waals surface area contributed by atoms with E-state index in [-0.39, 0.29) is 19.2 Å². The van der Waals surface area contributed by atoms with Gasteiger partial charge in [-0.15, -0.1) is 0 Å². The number of carbonyl (C=O) groups excluding carboxylic acids is 2. The van der Waals surface area contributed by atoms with E-state index < -0.39 is 6.09 Å². The van der Waals surface area contributed by atoms with Crippen molar-refractivity contribution >= 4 is 35.7 Å². The van der Waals surface area contributed by atoms with Gasteiger partial charge in [0, 0.05) is 35.4 Å². The second-order valence-electron chi connectivity index (χ2n) is 10.6. The van der Waals surface area contributed by atoms with Gasteiger partial charge in [-0.3, -0.25) is 0 Å². The minimum atomic E-state index is -0.586. The molecule has 1 amide bonds. The van der Waals surface area contributed by atoms with E-state index in [9.17, 15) is 14.7 Å². The highest BCUT2D eigenvalue weighted by molar-refractivity contribution is 7.97. The van der Waals surface area contributed by atoms with Crippen LogP contribution in [0.5, 0.6) is 0 Å². The fourth-order valence-electron chi connectivity index (χ4n) is 4.48. The summed E-state index contributed by atoms with van der Waals surface area (Å²) in [4.78, 5) is 20.8. The number of benzene rings is 4. The summed E-state index contributed by atoms with van der Waals surface area (Å²) in [5, 5.41) is 15.4. The normalized spacial score (nSPS) is 10.9. The molecule has 1 atom stereocenters. The number of nitrogens with two attached hydrogens (primary N) is 1. The Bertz CT molecular complexity index is 1350. The Kier molecular flexibility index (Phi) is 18.3. The molecule has 1 unspecified atom stereocenters. The number of nitrogen functional groups attached to an aromatic ring is 1. The number of nitrogens with zero attached hydrogens (tertiary/aromatic N) is 1. The number of alkyl carbamates (subject to hydrolysis) is 1. The lowest BCUT2D eigenvalue weighted by Gasteiger charge is -2.33. The maximum Gasteiger partial charge on any atom is 0.407 e. The van der Waals surface area contributed by atoms with Crippen molar-refractivity contribution in [2.45, 2.75) is 50.1 Å². The van der Waals surface area contributed by atoms with Crippen LogP contribution in [0.1, 0.15) is 37.0 Å². The summed E-state index contributed by atoms with van der Waals surface area (Å²) in [7, 11) is 3.18. The Labute approximate surface area is 278 Å². The van der Waals surface area contributed by atoms with Gasteiger partial charge in [-0.25, -0.2) is 9.10 Å². The lowest BCUT2D eigenvalue weighted by Crippen LogP contribution is -2.38. The van der Waals surface area contributed by atoms with Gasteiger partial charge in [0.1, 0.15) is 6.29 Å². The van der Waals surface area contributed by atoms with Crippen molar-refractivity contribution in [1.82, 2.24) is 9.62 Å². The number of anilines is 2. The molecule has 4 aromatic carbocycles. The predicted molar refractivity (Wildman–Crippen MR) is 191 cm³/mol. The summed E-state index contributed by atoms with van der Waals surface area (Å²) in [6.45, 7) is 4.47. The third-order valence-corrected chi connectivity index (χ3v) is 8.23. The number of aliphatic hydroxyl groups is 1. The molecule has 0 aromatic heterocycles. The fraction of sp³-hybridized carbons (Fsp3) is 0.297. The number of hydrogen-bond acceptors (Lipinski definition) is 8. The van der Waals surface area contributed by atoms with Crippen LogP contribution in [-0.4, -0.2) is 61.2 Å². The number of methoxy groups -OCH3 is 1. The average molecular weight is 645 g/mol. The van der Waals surface area contributed by atoms with Crippen LogP contribution in [0.4, 0.5) is 16.2 Å². The summed E-state index contributed by atoms with van der Waals surface area (Å²) >= 11 is 1.69. The van der Waals surface area contributed by atoms with Crippen molar-refractivity contribution in [1.29, 1.82) is 0 Å². The summed E-state index contributed by atoms with van der Waals surface area (Å²) in [6, 6.07) is 37.7. The van der Waals surface area contributed by atoms with Crippen LogP contribution in [0.15, 0.2) is 114 Å². The lowest BCUT2D eigenvalue weighted by molar-refractivity contribution is -0.107. The first-order valence-electron chi connectivity index (χ1n) is 15.3. The van der Waals surface area contributed by atoms with E-state index in [0.717, 1.165) is 35.5 Å². The summed E-state index contributed by atoms with van der Waals surface area (Å²) in [5.74, 6) is 0. The largest absolute Gasteiger partial charge is 0.453 e. The number of aliphatic hydroxyl groups excluding tert-OH is 1. The Morgan fingerprint density at radius 3 is 1.98 bits per heavy atom. The molecule has 0 fully saturated rings. The molecule has 4 rings (SSSR count). The Morgan fingerprint density at radius 2 is 1.48 bits per heavy atom. The van der Waals surface area contributed by atoms with Gasteiger partial charge in [0.05, 0.1) is 20.3 Å². The van der Waals surface area contributed by atoms with Crippen LogP contribution in [0, 0.1) is 0 Å². The second-order valence-corrected chi connectivity index (χ2v) is 11.7. The molecular formula is C37H48N4O4S. The topological polar surface area (TPSA) is 117 Å². The summed E-state index contributed by atoms with van der Waals surface area (Å²) in [6.07, 6.45) is 2.85. The van der Waals surface area contributed by atoms with E-state index in [1.54, 1.807) is 11.9 Å². The Morgan fingerprint density at radius 1 is 0.913 bits per heavy atom. The third-order valence-electron chi connectivity index (χ3n) is 6.81. The number of hydrogen-bond donors (Lipinski definition) is 4. The molecule has 4 aromatic rings. The quantitative estimate of drug-likeness (QED) is 0.0710. The molecule has 8 nitrogen and oxygen atoms in total. The number of nitrogens with one attached hydrogen (secondary N) is 2. The highest BCUT2D eigenvalue weighted by atomic mass is 32.2. The molecule has 9 heteroatoms. The van der Waals surface area contributed by atoms with Crippen LogP contribution in [0.3, 0.4) is 0 Å². The zero-order valence-corrected chi connectivity index (χ0v) is 28.1. The SMILES string of the molecule is CNc1ccccc1CCC(CO)N(Sc1ccc(N)cc1)C(C)C.COC(=O)NCC=O.c1ccc(Cc2ccccc2)cc1. The standard InChI is InChI=1S/C20H29N3OS.C13H12.C4H7NO3/c1-15(2)23(25-19-12-9-17(21)10-13-19)18(14-24)11-8-16-6-4-5-7-20(16)22-3;1-3-7-12(8-4-1)11-13-9-5-2-6-10-13;1-8-4(7)5-2-3-6/h4-7,9-10,12-13,15,18,22,24H,8,11,14,21H2,1-3H3;1-10H,11H2;3H,2H2,1H3,(H,5,7). The minimum absolute atomic E-state index is 0.00662. The third kappa shape index (κ3) is 14.6. The lowest BCUT2D eigenvalue weighted by atomic mass is 10.0. The number of carbonyl (C=O) groups is 2. The highest BCUT2D eigenvalue weighted by Gasteiger charge is 2.22. The molecule has 0 aliphatic rings. The zero-order valence-electron chi connectivity index (χ0n) is 27.3. The van der Waals surface area contributed by atoms with Gasteiger partial charge in [0.25, 0.3) is 0 Å². The van der Waals surface area contributed by atoms with Gasteiger partial charge < -0.3 is 31.0 Å². The molecule has 0 bridgehead atoms. The number of rotatable bonds is 13. The molecule has 46 heavy (non-hydrogen) atoms. The number of aryl methyl sites for hydroxylation is 1. The number of amides is 1. The molecule has 0 saturated heterocycles. The number of ether oxygens (including phenoxy) is 1. The van der Waals surface area contributed by atoms with Gasteiger partial charge in [-0.1, -0.05) is 78.9 Å². The monoisotopic (exact) mass is 644 g/mol. The Balaban J connectivity index is 0.000000289. The summed E-state index contributed by atoms with van der Waals surface area (Å²) < 4.78 is 6.43. The van der Waals surface area contributed by atoms with Crippen molar-refractivity contribution in [2.24, 2.45) is 0 Å². The van der Waals surface area contributed by atoms with Crippen molar-refractivity contribution < 1.29 is 19.4 Å². The molecule has 0 spiro atoms. The molecular weight excluding hydrogens is 596 g/mol. The molecule has 5 N–H and O–H groups in total. The minimum Gasteiger partial charge on any atom is -0.453 e. The molecule has 0 aliphatic heterocycles. The highest BCUT2D eigenvalue weighted by Crippen LogP contribution is 2.30. The second kappa shape index (κ2) is 22.2. The summed E-state index contributed by atoms with van der Waals surface area (Å²) in [5.41, 5.74) is 11.7. The molecule has 0 radical (unpaired) electrons. The van der Waals surface area contributed by atoms with E-state index in [4.69, 9.17) is 5.73 Å². The van der Waals surface area contributed by atoms with Crippen LogP contribution in [0.2, 0.25) is 0 Å². The van der Waals surface area contributed by atoms with E-state index >= 15 is 0 Å². The molecule has 0 heterocycles. The fourth-order valence-corrected chi connectivity index (χ4v) is 5.51. The first-order valence-corrected chi connectivity index (χ1v) is 16.1. The number of para-hydroxylation sites is 1. The van der Waals surface area contributed by atoms with Gasteiger partial charge in [0.15, 0.2) is 0 Å². The molecule has 0 saturated carbocycles. The average Bonchev–Trinajstić information content (AvgIpc) is 3.09. The number of aldehydes is 1. The van der Waals surface area contributed by atoms with Crippen molar-refractivity contribution in [2.75, 3.05) is 38.4 Å². The smallest absolute Gasteiger partial charge is 0.407 e. The van der Waals surface area contributed by atoms with Gasteiger partial charge in [0.2, 0.25) is 0 Å². The van der Waals surface area contributed by atoms with E-state index in [1.165, 1.54) is 23.8 Å². The first kappa shape index (κ1) is 37.9. The van der Waals surface area contributed by atoms with E-state index in [0.29, 0.717) is 12.3 Å². The van der Waals surface area contributed by atoms with Crippen molar-refractivity contribution in [3.05, 3.63) is 126 Å². The first-order chi connectivity index (χ1) is 22.3. The van der Waals surface area contributed by atoms with Crippen LogP contribution in [0.25, 0.3) is 0 Å². The maximum absolute atomic E-state index is 10.1. The van der Waals surface area contributed by atoms with Crippen molar-refractivity contribution in [3.63, 3.8) is 0 Å². The maximum atomic E-state index is 10.1. The predicted octanol–water partition coefficient (Wildman–Crippen LogP) is 6.84. The Hall–Kier alpha value is -4.31.